The average Bonchev–Trinajstić information content (AvgIpc) is 3.23. The first kappa shape index (κ1) is 16.8. The van der Waals surface area contributed by atoms with Crippen molar-refractivity contribution in [3.8, 4) is 0 Å². The van der Waals surface area contributed by atoms with Gasteiger partial charge in [-0.2, -0.15) is 0 Å². The normalized spacial score (nSPS) is 17.6. The largest absolute Gasteiger partial charge is 0.468 e. The molecule has 1 aliphatic rings. The zero-order chi connectivity index (χ0) is 15.6. The standard InChI is InChI=1S/C16H28N4O2/c1-3-21-12-8-18-16(17-2)19-13-14(15-7-6-11-22-15)20-9-4-5-10-20/h6-7,11,14H,3-5,8-10,12-13H2,1-2H3,(H2,17,18,19). The molecule has 0 spiro atoms. The molecule has 6 heteroatoms. The van der Waals surface area contributed by atoms with Gasteiger partial charge < -0.3 is 19.8 Å². The monoisotopic (exact) mass is 308 g/mol. The molecule has 1 saturated heterocycles. The van der Waals surface area contributed by atoms with Gasteiger partial charge in [0.1, 0.15) is 5.76 Å². The lowest BCUT2D eigenvalue weighted by molar-refractivity contribution is 0.152. The van der Waals surface area contributed by atoms with Gasteiger partial charge >= 0.3 is 0 Å². The Labute approximate surface area is 132 Å². The topological polar surface area (TPSA) is 62.0 Å². The summed E-state index contributed by atoms with van der Waals surface area (Å²) in [5, 5.41) is 6.65. The number of hydrogen-bond donors (Lipinski definition) is 2. The zero-order valence-electron chi connectivity index (χ0n) is 13.7. The van der Waals surface area contributed by atoms with E-state index < -0.39 is 0 Å². The Bertz CT molecular complexity index is 427. The minimum absolute atomic E-state index is 0.253. The van der Waals surface area contributed by atoms with Crippen LogP contribution in [0.3, 0.4) is 0 Å². The molecule has 0 saturated carbocycles. The molecule has 2 N–H and O–H groups in total. The molecule has 0 aliphatic carbocycles. The van der Waals surface area contributed by atoms with Gasteiger partial charge in [-0.25, -0.2) is 0 Å². The molecule has 1 atom stereocenters. The minimum Gasteiger partial charge on any atom is -0.468 e. The maximum absolute atomic E-state index is 5.63. The van der Waals surface area contributed by atoms with E-state index in [-0.39, 0.29) is 6.04 Å². The van der Waals surface area contributed by atoms with Crippen molar-refractivity contribution in [2.24, 2.45) is 4.99 Å². The van der Waals surface area contributed by atoms with Gasteiger partial charge in [0.05, 0.1) is 18.9 Å². The molecule has 1 aromatic heterocycles. The average molecular weight is 308 g/mol. The summed E-state index contributed by atoms with van der Waals surface area (Å²) in [5.74, 6) is 1.81. The predicted molar refractivity (Wildman–Crippen MR) is 88.1 cm³/mol. The fourth-order valence-corrected chi connectivity index (χ4v) is 2.74. The van der Waals surface area contributed by atoms with Gasteiger partial charge in [-0.05, 0) is 45.0 Å². The van der Waals surface area contributed by atoms with E-state index >= 15 is 0 Å². The first-order chi connectivity index (χ1) is 10.8. The number of likely N-dealkylation sites (tertiary alicyclic amines) is 1. The second kappa shape index (κ2) is 9.48. The molecule has 2 rings (SSSR count). The molecule has 0 bridgehead atoms. The van der Waals surface area contributed by atoms with Crippen LogP contribution < -0.4 is 10.6 Å². The van der Waals surface area contributed by atoms with Crippen LogP contribution in [0, 0.1) is 0 Å². The van der Waals surface area contributed by atoms with Crippen molar-refractivity contribution in [1.82, 2.24) is 15.5 Å². The number of ether oxygens (including phenoxy) is 1. The molecular formula is C16H28N4O2. The number of furan rings is 1. The van der Waals surface area contributed by atoms with E-state index in [1.165, 1.54) is 12.8 Å². The van der Waals surface area contributed by atoms with E-state index in [1.807, 2.05) is 13.0 Å². The highest BCUT2D eigenvalue weighted by molar-refractivity contribution is 5.79. The lowest BCUT2D eigenvalue weighted by Gasteiger charge is -2.26. The lowest BCUT2D eigenvalue weighted by Crippen LogP contribution is -2.43. The first-order valence-electron chi connectivity index (χ1n) is 8.15. The quantitative estimate of drug-likeness (QED) is 0.434. The number of nitrogens with one attached hydrogen (secondary N) is 2. The lowest BCUT2D eigenvalue weighted by atomic mass is 10.2. The molecule has 1 fully saturated rings. The Morgan fingerprint density at radius 3 is 2.86 bits per heavy atom. The molecule has 6 nitrogen and oxygen atoms in total. The van der Waals surface area contributed by atoms with Crippen molar-refractivity contribution in [2.45, 2.75) is 25.8 Å². The third-order valence-corrected chi connectivity index (χ3v) is 3.88. The van der Waals surface area contributed by atoms with Gasteiger partial charge in [0.2, 0.25) is 0 Å². The molecule has 0 amide bonds. The maximum atomic E-state index is 5.63. The van der Waals surface area contributed by atoms with Gasteiger partial charge in [-0.15, -0.1) is 0 Å². The van der Waals surface area contributed by atoms with Gasteiger partial charge in [0.15, 0.2) is 5.96 Å². The highest BCUT2D eigenvalue weighted by Crippen LogP contribution is 2.24. The Hall–Kier alpha value is -1.53. The molecule has 1 aromatic rings. The van der Waals surface area contributed by atoms with Crippen LogP contribution in [0.25, 0.3) is 0 Å². The van der Waals surface area contributed by atoms with Crippen LogP contribution in [0.2, 0.25) is 0 Å². The Morgan fingerprint density at radius 2 is 2.23 bits per heavy atom. The number of hydrogen-bond acceptors (Lipinski definition) is 4. The molecule has 2 heterocycles. The van der Waals surface area contributed by atoms with Crippen molar-refractivity contribution in [2.75, 3.05) is 46.4 Å². The molecule has 1 unspecified atom stereocenters. The fraction of sp³-hybridized carbons (Fsp3) is 0.688. The van der Waals surface area contributed by atoms with Crippen LogP contribution in [0.15, 0.2) is 27.8 Å². The zero-order valence-corrected chi connectivity index (χ0v) is 13.7. The van der Waals surface area contributed by atoms with Crippen LogP contribution in [0.5, 0.6) is 0 Å². The van der Waals surface area contributed by atoms with E-state index in [4.69, 9.17) is 9.15 Å². The van der Waals surface area contributed by atoms with E-state index in [0.29, 0.717) is 6.61 Å². The maximum Gasteiger partial charge on any atom is 0.191 e. The van der Waals surface area contributed by atoms with Crippen LogP contribution in [0.1, 0.15) is 31.6 Å². The fourth-order valence-electron chi connectivity index (χ4n) is 2.74. The third kappa shape index (κ3) is 5.03. The van der Waals surface area contributed by atoms with E-state index in [9.17, 15) is 0 Å². The molecule has 0 aromatic carbocycles. The Morgan fingerprint density at radius 1 is 1.41 bits per heavy atom. The number of rotatable bonds is 8. The Kier molecular flexibility index (Phi) is 7.25. The number of nitrogens with zero attached hydrogens (tertiary/aromatic N) is 2. The van der Waals surface area contributed by atoms with E-state index in [1.54, 1.807) is 13.3 Å². The van der Waals surface area contributed by atoms with Crippen molar-refractivity contribution in [3.63, 3.8) is 0 Å². The molecule has 124 valence electrons. The van der Waals surface area contributed by atoms with Gasteiger partial charge in [-0.1, -0.05) is 0 Å². The highest BCUT2D eigenvalue weighted by Gasteiger charge is 2.25. The SMILES string of the molecule is CCOCCNC(=NC)NCC(c1ccco1)N1CCCC1. The van der Waals surface area contributed by atoms with Crippen molar-refractivity contribution >= 4 is 5.96 Å². The predicted octanol–water partition coefficient (Wildman–Crippen LogP) is 1.62. The molecule has 1 aliphatic heterocycles. The summed E-state index contributed by atoms with van der Waals surface area (Å²) in [6, 6.07) is 4.26. The summed E-state index contributed by atoms with van der Waals surface area (Å²) in [7, 11) is 1.79. The summed E-state index contributed by atoms with van der Waals surface area (Å²) < 4.78 is 11.0. The van der Waals surface area contributed by atoms with Crippen LogP contribution in [-0.4, -0.2) is 57.3 Å². The van der Waals surface area contributed by atoms with E-state index in [0.717, 1.165) is 44.5 Å². The highest BCUT2D eigenvalue weighted by atomic mass is 16.5. The van der Waals surface area contributed by atoms with Crippen LogP contribution in [0.4, 0.5) is 0 Å². The van der Waals surface area contributed by atoms with Crippen molar-refractivity contribution in [3.05, 3.63) is 24.2 Å². The third-order valence-electron chi connectivity index (χ3n) is 3.88. The van der Waals surface area contributed by atoms with Gasteiger partial charge in [0.25, 0.3) is 0 Å². The van der Waals surface area contributed by atoms with Gasteiger partial charge in [-0.3, -0.25) is 9.89 Å². The van der Waals surface area contributed by atoms with Crippen molar-refractivity contribution < 1.29 is 9.15 Å². The minimum atomic E-state index is 0.253. The second-order valence-corrected chi connectivity index (χ2v) is 5.35. The van der Waals surface area contributed by atoms with Crippen LogP contribution >= 0.6 is 0 Å². The number of guanidine groups is 1. The summed E-state index contributed by atoms with van der Waals surface area (Å²) in [6.45, 7) is 7.21. The van der Waals surface area contributed by atoms with Gasteiger partial charge in [0, 0.05) is 26.7 Å². The summed E-state index contributed by atoms with van der Waals surface area (Å²) in [6.07, 6.45) is 4.27. The molecule has 0 radical (unpaired) electrons. The smallest absolute Gasteiger partial charge is 0.191 e. The Balaban J connectivity index is 1.84. The van der Waals surface area contributed by atoms with E-state index in [2.05, 4.69) is 26.6 Å². The molecular weight excluding hydrogens is 280 g/mol. The van der Waals surface area contributed by atoms with Crippen molar-refractivity contribution in [1.29, 1.82) is 0 Å². The first-order valence-corrected chi connectivity index (χ1v) is 8.15. The van der Waals surface area contributed by atoms with Crippen LogP contribution in [-0.2, 0) is 4.74 Å². The second-order valence-electron chi connectivity index (χ2n) is 5.35. The summed E-state index contributed by atoms with van der Waals surface area (Å²) in [5.41, 5.74) is 0. The molecule has 22 heavy (non-hydrogen) atoms. The summed E-state index contributed by atoms with van der Waals surface area (Å²) in [4.78, 5) is 6.73. The summed E-state index contributed by atoms with van der Waals surface area (Å²) >= 11 is 0. The number of aliphatic imine (C=N–C) groups is 1.